The van der Waals surface area contributed by atoms with Crippen molar-refractivity contribution in [2.45, 2.75) is 77.6 Å². The van der Waals surface area contributed by atoms with Crippen molar-refractivity contribution in [3.05, 3.63) is 69.6 Å². The Balaban J connectivity index is 0.00000162. The summed E-state index contributed by atoms with van der Waals surface area (Å²) >= 11 is 0. The van der Waals surface area contributed by atoms with Gasteiger partial charge in [-0.05, 0) is 53.7 Å². The average molecular weight is 593 g/mol. The number of rotatable bonds is 11. The van der Waals surface area contributed by atoms with Gasteiger partial charge in [0.2, 0.25) is 7.98 Å². The number of amides is 1. The molecule has 3 heterocycles. The van der Waals surface area contributed by atoms with E-state index in [0.717, 1.165) is 0 Å². The van der Waals surface area contributed by atoms with Crippen LogP contribution in [0.1, 0.15) is 58.1 Å². The first-order chi connectivity index (χ1) is 20.5. The van der Waals surface area contributed by atoms with Gasteiger partial charge in [-0.15, -0.1) is 0 Å². The lowest BCUT2D eigenvalue weighted by molar-refractivity contribution is -0.167. The number of fused-ring (bicyclic) bond motifs is 2. The topological polar surface area (TPSA) is 129 Å². The number of ether oxygens (including phenoxy) is 2. The fraction of sp³-hybridized carbons (Fsp3) is 0.571. The van der Waals surface area contributed by atoms with Gasteiger partial charge in [-0.3, -0.25) is 9.36 Å². The second-order valence-corrected chi connectivity index (χ2v) is 11.6. The third kappa shape index (κ3) is 7.37. The van der Waals surface area contributed by atoms with Crippen molar-refractivity contribution >= 4 is 20.3 Å². The van der Waals surface area contributed by atoms with E-state index in [0.29, 0.717) is 11.1 Å². The number of carbonyl (C=O) groups excluding carboxylic acids is 1. The first-order valence-corrected chi connectivity index (χ1v) is 14.4. The number of nitrogens with one attached hydrogen (secondary N) is 1. The number of hydrogen-bond acceptors (Lipinski definition) is 9. The summed E-state index contributed by atoms with van der Waals surface area (Å²) in [5, 5.41) is 6.20. The van der Waals surface area contributed by atoms with Crippen LogP contribution < -0.4 is 11.0 Å². The third-order valence-corrected chi connectivity index (χ3v) is 8.62. The molecule has 2 aliphatic rings. The summed E-state index contributed by atoms with van der Waals surface area (Å²) in [7, 11) is -0.328. The molecule has 2 saturated heterocycles. The Labute approximate surface area is 245 Å². The number of anilines is 1. The van der Waals surface area contributed by atoms with Gasteiger partial charge in [0.1, 0.15) is 30.2 Å². The maximum Gasteiger partial charge on any atom is 0.351 e. The van der Waals surface area contributed by atoms with E-state index in [4.69, 9.17) is 27.9 Å². The van der Waals surface area contributed by atoms with Gasteiger partial charge in [0.05, 0.1) is 6.61 Å². The summed E-state index contributed by atoms with van der Waals surface area (Å²) in [4.78, 5) is 33.3. The van der Waals surface area contributed by atoms with E-state index in [9.17, 15) is 9.59 Å². The van der Waals surface area contributed by atoms with Crippen molar-refractivity contribution in [2.75, 3.05) is 32.2 Å². The molecule has 0 aliphatic carbocycles. The molecular weight excluding hydrogens is 549 g/mol. The largest absolute Gasteiger partial charge is 0.400 e. The molecule has 2 bridgehead atoms. The normalized spacial score (nSPS) is 24.4. The van der Waals surface area contributed by atoms with Crippen molar-refractivity contribution in [2.24, 2.45) is 0 Å². The molecule has 41 heavy (non-hydrogen) atoms. The standard InChI is InChI=1S/C27H36N5O6P.CH4O/c1-17(2)32(18(3)4)39(36-14-13-28-7)38-22-21-25(37-27(22,6)16-35-21)31-15-19(5)23(30-26(31)34)29-24(33)20-11-9-8-10-12-20;1-2/h8-12,15,17-18,21-22,25H,13-14,16H2,1-6H3,(H,29,30,33,34);2H,1H3/t21?,22?,25-,27+,39?;/m1./s1/i6D;2T. The molecule has 5 atom stereocenters. The van der Waals surface area contributed by atoms with Crippen molar-refractivity contribution in [3.63, 3.8) is 0 Å². The van der Waals surface area contributed by atoms with Crippen LogP contribution in [0.2, 0.25) is 0 Å². The highest BCUT2D eigenvalue weighted by Gasteiger charge is 2.62. The zero-order valence-electron chi connectivity index (χ0n) is 26.3. The fourth-order valence-corrected chi connectivity index (χ4v) is 6.55. The van der Waals surface area contributed by atoms with Crippen LogP contribution in [0.25, 0.3) is 4.85 Å². The van der Waals surface area contributed by atoms with Crippen LogP contribution in [0.4, 0.5) is 5.82 Å². The number of carbonyl (C=O) groups is 1. The van der Waals surface area contributed by atoms with E-state index in [2.05, 4.69) is 24.9 Å². The number of aromatic nitrogens is 2. The summed E-state index contributed by atoms with van der Waals surface area (Å²) in [5.41, 5.74) is -0.729. The molecule has 2 aromatic rings. The summed E-state index contributed by atoms with van der Waals surface area (Å²) < 4.78 is 42.5. The van der Waals surface area contributed by atoms with Crippen LogP contribution >= 0.6 is 8.53 Å². The highest BCUT2D eigenvalue weighted by Crippen LogP contribution is 2.54. The quantitative estimate of drug-likeness (QED) is 0.228. The van der Waals surface area contributed by atoms with Gasteiger partial charge >= 0.3 is 5.69 Å². The van der Waals surface area contributed by atoms with Crippen LogP contribution in [0, 0.1) is 13.5 Å². The second kappa shape index (κ2) is 14.4. The maximum absolute atomic E-state index is 13.2. The lowest BCUT2D eigenvalue weighted by atomic mass is 10.0. The molecule has 12 nitrogen and oxygen atoms in total. The number of aliphatic hydroxyl groups is 1. The SMILES string of the molecule is [2H]C[C@]12COC(C1OP(OCC[N+]#[C-])N(C(C)C)C(C)C)[C@H](n1cc(C)c(NC(=O)c3ccccc3)nc1=O)O2.[3H]OC. The van der Waals surface area contributed by atoms with Crippen LogP contribution in [-0.4, -0.2) is 83.4 Å². The van der Waals surface area contributed by atoms with Gasteiger partial charge in [-0.25, -0.2) is 16.0 Å². The van der Waals surface area contributed by atoms with Gasteiger partial charge in [0.15, 0.2) is 6.23 Å². The Morgan fingerprint density at radius 1 is 1.41 bits per heavy atom. The van der Waals surface area contributed by atoms with E-state index in [-0.39, 0.29) is 50.5 Å². The Morgan fingerprint density at radius 2 is 2.10 bits per heavy atom. The minimum atomic E-state index is -1.62. The van der Waals surface area contributed by atoms with Gasteiger partial charge in [0.25, 0.3) is 14.4 Å². The van der Waals surface area contributed by atoms with Gasteiger partial charge < -0.3 is 33.8 Å². The lowest BCUT2D eigenvalue weighted by Crippen LogP contribution is -2.40. The van der Waals surface area contributed by atoms with E-state index in [1.807, 2.05) is 33.8 Å². The lowest BCUT2D eigenvalue weighted by Gasteiger charge is -2.37. The predicted octanol–water partition coefficient (Wildman–Crippen LogP) is 3.77. The van der Waals surface area contributed by atoms with Crippen LogP contribution in [0.5, 0.6) is 0 Å². The Bertz CT molecular complexity index is 1300. The molecule has 0 spiro atoms. The summed E-state index contributed by atoms with van der Waals surface area (Å²) in [6, 6.07) is 8.85. The minimum absolute atomic E-state index is 0.0933. The molecule has 1 aromatic carbocycles. The molecule has 0 radical (unpaired) electrons. The molecule has 3 unspecified atom stereocenters. The number of nitrogens with zero attached hydrogens (tertiary/aromatic N) is 4. The molecule has 4 rings (SSSR count). The number of aryl methyl sites for hydroxylation is 1. The highest BCUT2D eigenvalue weighted by atomic mass is 31.2. The van der Waals surface area contributed by atoms with E-state index in [1.165, 1.54) is 11.7 Å². The smallest absolute Gasteiger partial charge is 0.351 e. The maximum atomic E-state index is 13.2. The number of benzene rings is 1. The first-order valence-electron chi connectivity index (χ1n) is 14.4. The Morgan fingerprint density at radius 3 is 2.71 bits per heavy atom. The van der Waals surface area contributed by atoms with Crippen molar-refractivity contribution in [1.82, 2.24) is 14.2 Å². The van der Waals surface area contributed by atoms with Crippen LogP contribution in [0.15, 0.2) is 41.3 Å². The van der Waals surface area contributed by atoms with E-state index < -0.39 is 38.3 Å². The van der Waals surface area contributed by atoms with Gasteiger partial charge in [-0.1, -0.05) is 18.2 Å². The van der Waals surface area contributed by atoms with Crippen LogP contribution in [0.3, 0.4) is 0 Å². The van der Waals surface area contributed by atoms with Gasteiger partial charge in [-0.2, -0.15) is 4.98 Å². The van der Waals surface area contributed by atoms with Crippen LogP contribution in [-0.2, 0) is 18.5 Å². The molecule has 224 valence electrons. The highest BCUT2D eigenvalue weighted by molar-refractivity contribution is 7.44. The monoisotopic (exact) mass is 592 g/mol. The zero-order valence-corrected chi connectivity index (χ0v) is 25.2. The van der Waals surface area contributed by atoms with Crippen molar-refractivity contribution in [1.29, 1.82) is 1.43 Å². The Kier molecular flexibility index (Phi) is 10.5. The van der Waals surface area contributed by atoms with E-state index in [1.54, 1.807) is 37.4 Å². The van der Waals surface area contributed by atoms with Gasteiger partial charge in [0, 0.05) is 37.9 Å². The first kappa shape index (κ1) is 29.7. The molecule has 13 heteroatoms. The minimum Gasteiger partial charge on any atom is -0.400 e. The predicted molar refractivity (Wildman–Crippen MR) is 155 cm³/mol. The molecule has 2 fully saturated rings. The summed E-state index contributed by atoms with van der Waals surface area (Å²) in [6.07, 6.45) is -0.681. The molecule has 1 aromatic heterocycles. The molecule has 0 saturated carbocycles. The number of hydrogen-bond donors (Lipinski definition) is 2. The molecule has 2 N–H and O–H groups in total. The average Bonchev–Trinajstić information content (AvgIpc) is 3.47. The van der Waals surface area contributed by atoms with E-state index >= 15 is 0 Å². The molecule has 2 aliphatic heterocycles. The molecule has 1 amide bonds. The molecular formula is C28H40N5O7P. The zero-order chi connectivity index (χ0) is 31.7. The summed E-state index contributed by atoms with van der Waals surface area (Å²) in [5.74, 6) is -0.218. The number of aliphatic hydroxyl groups excluding tert-OH is 1. The third-order valence-electron chi connectivity index (χ3n) is 6.51. The second-order valence-electron chi connectivity index (χ2n) is 10.2. The van der Waals surface area contributed by atoms with Crippen molar-refractivity contribution < 1.29 is 29.8 Å². The Hall–Kier alpha value is -2.75. The fourth-order valence-electron chi connectivity index (χ4n) is 4.75. The van der Waals surface area contributed by atoms with Crippen molar-refractivity contribution in [3.8, 4) is 0 Å². The summed E-state index contributed by atoms with van der Waals surface area (Å²) in [6.45, 7) is 17.4.